The SMILES string of the molecule is Cc1nc(C)c(CCNC(=O)Nc2ccc(-c3nnc(N(C)C)o3)cc2)s1. The number of nitrogens with one attached hydrogen (secondary N) is 2. The predicted molar refractivity (Wildman–Crippen MR) is 106 cm³/mol. The number of aromatic nitrogens is 3. The molecule has 0 unspecified atom stereocenters. The lowest BCUT2D eigenvalue weighted by molar-refractivity contribution is 0.252. The molecule has 0 bridgehead atoms. The van der Waals surface area contributed by atoms with Crippen LogP contribution in [0, 0.1) is 13.8 Å². The highest BCUT2D eigenvalue weighted by molar-refractivity contribution is 7.11. The van der Waals surface area contributed by atoms with Crippen LogP contribution in [0.25, 0.3) is 11.5 Å². The molecule has 0 saturated carbocycles. The standard InChI is InChI=1S/C18H22N6O2S/c1-11-15(27-12(2)20-11)9-10-19-17(25)21-14-7-5-13(6-8-14)16-22-23-18(26-16)24(3)4/h5-8H,9-10H2,1-4H3,(H2,19,21,25). The maximum absolute atomic E-state index is 12.0. The second-order valence-electron chi connectivity index (χ2n) is 6.23. The van der Waals surface area contributed by atoms with Crippen LogP contribution in [-0.4, -0.2) is 41.9 Å². The van der Waals surface area contributed by atoms with Crippen molar-refractivity contribution in [2.45, 2.75) is 20.3 Å². The van der Waals surface area contributed by atoms with Gasteiger partial charge in [-0.3, -0.25) is 0 Å². The Morgan fingerprint density at radius 1 is 1.19 bits per heavy atom. The van der Waals surface area contributed by atoms with Gasteiger partial charge in [0.15, 0.2) is 0 Å². The summed E-state index contributed by atoms with van der Waals surface area (Å²) in [6.07, 6.45) is 0.773. The van der Waals surface area contributed by atoms with E-state index in [0.29, 0.717) is 24.1 Å². The van der Waals surface area contributed by atoms with E-state index >= 15 is 0 Å². The Morgan fingerprint density at radius 2 is 1.93 bits per heavy atom. The van der Waals surface area contributed by atoms with Crippen LogP contribution in [-0.2, 0) is 6.42 Å². The van der Waals surface area contributed by atoms with E-state index in [-0.39, 0.29) is 6.03 Å². The highest BCUT2D eigenvalue weighted by atomic mass is 32.1. The molecule has 0 saturated heterocycles. The highest BCUT2D eigenvalue weighted by Gasteiger charge is 2.10. The van der Waals surface area contributed by atoms with Gasteiger partial charge in [-0.2, -0.15) is 0 Å². The van der Waals surface area contributed by atoms with Crippen LogP contribution in [0.1, 0.15) is 15.6 Å². The van der Waals surface area contributed by atoms with Gasteiger partial charge < -0.3 is 20.0 Å². The number of hydrogen-bond donors (Lipinski definition) is 2. The van der Waals surface area contributed by atoms with Crippen molar-refractivity contribution in [2.75, 3.05) is 30.9 Å². The number of rotatable bonds is 6. The summed E-state index contributed by atoms with van der Waals surface area (Å²) >= 11 is 1.67. The molecule has 8 nitrogen and oxygen atoms in total. The van der Waals surface area contributed by atoms with Crippen molar-refractivity contribution < 1.29 is 9.21 Å². The molecule has 3 aromatic rings. The Morgan fingerprint density at radius 3 is 2.52 bits per heavy atom. The van der Waals surface area contributed by atoms with E-state index in [1.54, 1.807) is 28.4 Å². The number of anilines is 2. The Kier molecular flexibility index (Phi) is 5.70. The molecule has 0 aliphatic carbocycles. The monoisotopic (exact) mass is 386 g/mol. The molecule has 1 aromatic carbocycles. The van der Waals surface area contributed by atoms with Crippen molar-refractivity contribution in [3.8, 4) is 11.5 Å². The molecule has 2 amide bonds. The van der Waals surface area contributed by atoms with Crippen molar-refractivity contribution in [2.24, 2.45) is 0 Å². The van der Waals surface area contributed by atoms with E-state index in [2.05, 4.69) is 25.8 Å². The minimum atomic E-state index is -0.241. The van der Waals surface area contributed by atoms with E-state index in [0.717, 1.165) is 22.7 Å². The largest absolute Gasteiger partial charge is 0.403 e. The lowest BCUT2D eigenvalue weighted by Gasteiger charge is -2.07. The van der Waals surface area contributed by atoms with Crippen LogP contribution >= 0.6 is 11.3 Å². The van der Waals surface area contributed by atoms with Crippen molar-refractivity contribution >= 4 is 29.1 Å². The topological polar surface area (TPSA) is 96.2 Å². The average molecular weight is 386 g/mol. The zero-order valence-corrected chi connectivity index (χ0v) is 16.6. The van der Waals surface area contributed by atoms with Crippen LogP contribution in [0.4, 0.5) is 16.5 Å². The van der Waals surface area contributed by atoms with Gasteiger partial charge in [-0.25, -0.2) is 9.78 Å². The quantitative estimate of drug-likeness (QED) is 0.675. The van der Waals surface area contributed by atoms with Gasteiger partial charge in [0, 0.05) is 43.2 Å². The number of hydrogen-bond acceptors (Lipinski definition) is 7. The number of benzene rings is 1. The van der Waals surface area contributed by atoms with E-state index in [4.69, 9.17) is 4.42 Å². The Bertz CT molecular complexity index is 916. The van der Waals surface area contributed by atoms with Crippen LogP contribution in [0.2, 0.25) is 0 Å². The first-order valence-electron chi connectivity index (χ1n) is 8.51. The molecular formula is C18H22N6O2S. The molecule has 0 fully saturated rings. The van der Waals surface area contributed by atoms with Gasteiger partial charge in [0.05, 0.1) is 10.7 Å². The number of carbonyl (C=O) groups excluding carboxylic acids is 1. The smallest absolute Gasteiger partial charge is 0.319 e. The van der Waals surface area contributed by atoms with E-state index < -0.39 is 0 Å². The third-order valence-electron chi connectivity index (χ3n) is 3.82. The molecular weight excluding hydrogens is 364 g/mol. The zero-order valence-electron chi connectivity index (χ0n) is 15.7. The van der Waals surface area contributed by atoms with Crippen molar-refractivity contribution in [1.82, 2.24) is 20.5 Å². The van der Waals surface area contributed by atoms with Gasteiger partial charge in [-0.15, -0.1) is 16.4 Å². The van der Waals surface area contributed by atoms with Crippen LogP contribution in [0.15, 0.2) is 28.7 Å². The first kappa shape index (κ1) is 18.8. The first-order chi connectivity index (χ1) is 12.9. The normalized spacial score (nSPS) is 10.7. The third kappa shape index (κ3) is 4.82. The number of thiazole rings is 1. The van der Waals surface area contributed by atoms with Gasteiger partial charge in [0.25, 0.3) is 0 Å². The van der Waals surface area contributed by atoms with Gasteiger partial charge in [-0.1, -0.05) is 5.10 Å². The fourth-order valence-corrected chi connectivity index (χ4v) is 3.42. The zero-order chi connectivity index (χ0) is 19.4. The lowest BCUT2D eigenvalue weighted by Crippen LogP contribution is -2.30. The Labute approximate surface area is 161 Å². The molecule has 0 aliphatic rings. The average Bonchev–Trinajstić information content (AvgIpc) is 3.23. The number of nitrogens with zero attached hydrogens (tertiary/aromatic N) is 4. The molecule has 27 heavy (non-hydrogen) atoms. The van der Waals surface area contributed by atoms with Crippen LogP contribution in [0.5, 0.6) is 0 Å². The van der Waals surface area contributed by atoms with E-state index in [1.807, 2.05) is 40.1 Å². The lowest BCUT2D eigenvalue weighted by atomic mass is 10.2. The molecule has 2 heterocycles. The number of aryl methyl sites for hydroxylation is 2. The van der Waals surface area contributed by atoms with Crippen molar-refractivity contribution in [3.05, 3.63) is 39.8 Å². The maximum Gasteiger partial charge on any atom is 0.319 e. The van der Waals surface area contributed by atoms with Gasteiger partial charge in [0.2, 0.25) is 5.89 Å². The maximum atomic E-state index is 12.0. The third-order valence-corrected chi connectivity index (χ3v) is 4.96. The molecule has 142 valence electrons. The molecule has 2 N–H and O–H groups in total. The fraction of sp³-hybridized carbons (Fsp3) is 0.333. The predicted octanol–water partition coefficient (Wildman–Crippen LogP) is 3.24. The second kappa shape index (κ2) is 8.17. The Hall–Kier alpha value is -2.94. The van der Waals surface area contributed by atoms with Gasteiger partial charge in [0.1, 0.15) is 0 Å². The van der Waals surface area contributed by atoms with Crippen LogP contribution in [0.3, 0.4) is 0 Å². The number of urea groups is 1. The number of amides is 2. The minimum Gasteiger partial charge on any atom is -0.403 e. The molecule has 9 heteroatoms. The Balaban J connectivity index is 1.51. The molecule has 0 radical (unpaired) electrons. The summed E-state index contributed by atoms with van der Waals surface area (Å²) in [4.78, 5) is 19.4. The summed E-state index contributed by atoms with van der Waals surface area (Å²) in [5.74, 6) is 0.435. The van der Waals surface area contributed by atoms with Gasteiger partial charge >= 0.3 is 12.0 Å². The van der Waals surface area contributed by atoms with Gasteiger partial charge in [-0.05, 0) is 38.1 Å². The second-order valence-corrected chi connectivity index (χ2v) is 7.52. The first-order valence-corrected chi connectivity index (χ1v) is 9.33. The summed E-state index contributed by atoms with van der Waals surface area (Å²) < 4.78 is 5.56. The summed E-state index contributed by atoms with van der Waals surface area (Å²) in [5.41, 5.74) is 2.51. The summed E-state index contributed by atoms with van der Waals surface area (Å²) in [6, 6.07) is 7.45. The van der Waals surface area contributed by atoms with E-state index in [1.165, 1.54) is 4.88 Å². The highest BCUT2D eigenvalue weighted by Crippen LogP contribution is 2.22. The minimum absolute atomic E-state index is 0.241. The summed E-state index contributed by atoms with van der Waals surface area (Å²) in [5, 5.41) is 14.7. The number of carbonyl (C=O) groups is 1. The summed E-state index contributed by atoms with van der Waals surface area (Å²) in [6.45, 7) is 4.54. The molecule has 0 atom stereocenters. The van der Waals surface area contributed by atoms with Crippen LogP contribution < -0.4 is 15.5 Å². The molecule has 0 spiro atoms. The fourth-order valence-electron chi connectivity index (χ4n) is 2.48. The molecule has 0 aliphatic heterocycles. The summed E-state index contributed by atoms with van der Waals surface area (Å²) in [7, 11) is 3.67. The molecule has 2 aromatic heterocycles. The molecule has 3 rings (SSSR count). The van der Waals surface area contributed by atoms with E-state index in [9.17, 15) is 4.79 Å². The van der Waals surface area contributed by atoms with Crippen molar-refractivity contribution in [3.63, 3.8) is 0 Å². The van der Waals surface area contributed by atoms with Crippen molar-refractivity contribution in [1.29, 1.82) is 0 Å².